The predicted octanol–water partition coefficient (Wildman–Crippen LogP) is -0.378. The summed E-state index contributed by atoms with van der Waals surface area (Å²) in [4.78, 5) is 10.4. The minimum atomic E-state index is 0.389. The molecule has 0 bridgehead atoms. The number of rotatable bonds is 4. The number of nitrogens with two attached hydrogens (primary N) is 2. The summed E-state index contributed by atoms with van der Waals surface area (Å²) in [5.41, 5.74) is 12.0. The molecule has 0 spiro atoms. The minimum Gasteiger partial charge on any atom is -0.383 e. The van der Waals surface area contributed by atoms with Gasteiger partial charge in [0.25, 0.3) is 0 Å². The van der Waals surface area contributed by atoms with Crippen LogP contribution in [-0.2, 0) is 13.0 Å². The van der Waals surface area contributed by atoms with Crippen molar-refractivity contribution in [2.75, 3.05) is 26.4 Å². The lowest BCUT2D eigenvalue weighted by atomic mass is 10.3. The first-order valence-corrected chi connectivity index (χ1v) is 4.58. The van der Waals surface area contributed by atoms with E-state index in [1.807, 2.05) is 14.1 Å². The summed E-state index contributed by atoms with van der Waals surface area (Å²) in [5, 5.41) is 0. The Kier molecular flexibility index (Phi) is 3.79. The van der Waals surface area contributed by atoms with Crippen LogP contribution in [0.4, 0.5) is 5.82 Å². The molecular weight excluding hydrogens is 178 g/mol. The maximum absolute atomic E-state index is 5.69. The number of nitrogens with zero attached hydrogens (tertiary/aromatic N) is 3. The highest BCUT2D eigenvalue weighted by atomic mass is 15.1. The topological polar surface area (TPSA) is 81.1 Å². The monoisotopic (exact) mass is 195 g/mol. The van der Waals surface area contributed by atoms with E-state index >= 15 is 0 Å². The predicted molar refractivity (Wildman–Crippen MR) is 56.6 cm³/mol. The van der Waals surface area contributed by atoms with Gasteiger partial charge in [0.2, 0.25) is 0 Å². The zero-order valence-corrected chi connectivity index (χ0v) is 8.70. The number of likely N-dealkylation sites (N-methyl/N-ethyl adjacent to an activating group) is 1. The molecule has 0 radical (unpaired) electrons. The third kappa shape index (κ3) is 2.93. The Hall–Kier alpha value is -1.20. The van der Waals surface area contributed by atoms with E-state index in [0.29, 0.717) is 12.4 Å². The second kappa shape index (κ2) is 4.88. The molecule has 5 nitrogen and oxygen atoms in total. The van der Waals surface area contributed by atoms with Gasteiger partial charge in [-0.25, -0.2) is 9.97 Å². The van der Waals surface area contributed by atoms with Gasteiger partial charge >= 0.3 is 0 Å². The van der Waals surface area contributed by atoms with E-state index in [2.05, 4.69) is 14.9 Å². The molecule has 0 atom stereocenters. The normalized spacial score (nSPS) is 10.9. The average Bonchev–Trinajstić information content (AvgIpc) is 2.15. The van der Waals surface area contributed by atoms with Gasteiger partial charge in [0, 0.05) is 31.3 Å². The Bertz CT molecular complexity index is 297. The molecule has 78 valence electrons. The van der Waals surface area contributed by atoms with E-state index in [4.69, 9.17) is 11.5 Å². The molecule has 0 aliphatic heterocycles. The van der Waals surface area contributed by atoms with Gasteiger partial charge < -0.3 is 16.4 Å². The van der Waals surface area contributed by atoms with Crippen LogP contribution in [0, 0.1) is 0 Å². The summed E-state index contributed by atoms with van der Waals surface area (Å²) in [6, 6.07) is 0. The Balaban J connectivity index is 2.66. The Morgan fingerprint density at radius 2 is 2.14 bits per heavy atom. The van der Waals surface area contributed by atoms with Gasteiger partial charge in [-0.3, -0.25) is 0 Å². The lowest BCUT2D eigenvalue weighted by Gasteiger charge is -2.09. The second-order valence-corrected chi connectivity index (χ2v) is 3.45. The zero-order valence-electron chi connectivity index (χ0n) is 8.70. The van der Waals surface area contributed by atoms with E-state index in [0.717, 1.165) is 24.4 Å². The van der Waals surface area contributed by atoms with Crippen LogP contribution >= 0.6 is 0 Å². The molecule has 1 rings (SSSR count). The van der Waals surface area contributed by atoms with Crippen molar-refractivity contribution < 1.29 is 0 Å². The molecule has 1 heterocycles. The molecule has 0 amide bonds. The van der Waals surface area contributed by atoms with Crippen LogP contribution in [0.25, 0.3) is 0 Å². The summed E-state index contributed by atoms with van der Waals surface area (Å²) >= 11 is 0. The number of nitrogen functional groups attached to an aromatic ring is 1. The van der Waals surface area contributed by atoms with Crippen LogP contribution in [0.15, 0.2) is 6.20 Å². The molecule has 0 unspecified atom stereocenters. The number of aromatic nitrogens is 2. The number of anilines is 1. The lowest BCUT2D eigenvalue weighted by Crippen LogP contribution is -2.17. The fourth-order valence-corrected chi connectivity index (χ4v) is 1.06. The van der Waals surface area contributed by atoms with Crippen molar-refractivity contribution in [1.82, 2.24) is 14.9 Å². The standard InChI is InChI=1S/C9H17N5/c1-14(2)4-3-8-12-6-7(5-10)9(11)13-8/h6H,3-5,10H2,1-2H3,(H2,11,12,13). The maximum atomic E-state index is 5.69. The van der Waals surface area contributed by atoms with Gasteiger partial charge in [-0.1, -0.05) is 0 Å². The fourth-order valence-electron chi connectivity index (χ4n) is 1.06. The zero-order chi connectivity index (χ0) is 10.6. The first kappa shape index (κ1) is 10.9. The van der Waals surface area contributed by atoms with Crippen molar-refractivity contribution in [2.45, 2.75) is 13.0 Å². The van der Waals surface area contributed by atoms with Gasteiger partial charge in [0.1, 0.15) is 11.6 Å². The highest BCUT2D eigenvalue weighted by Gasteiger charge is 2.02. The van der Waals surface area contributed by atoms with Crippen molar-refractivity contribution in [3.8, 4) is 0 Å². The Morgan fingerprint density at radius 3 is 2.64 bits per heavy atom. The molecule has 0 aliphatic rings. The van der Waals surface area contributed by atoms with Crippen molar-refractivity contribution in [3.63, 3.8) is 0 Å². The summed E-state index contributed by atoms with van der Waals surface area (Å²) < 4.78 is 0. The Labute approximate surface area is 84.1 Å². The minimum absolute atomic E-state index is 0.389. The summed E-state index contributed by atoms with van der Waals surface area (Å²) in [5.74, 6) is 1.27. The Morgan fingerprint density at radius 1 is 1.43 bits per heavy atom. The highest BCUT2D eigenvalue weighted by Crippen LogP contribution is 2.06. The van der Waals surface area contributed by atoms with Crippen molar-refractivity contribution in [1.29, 1.82) is 0 Å². The van der Waals surface area contributed by atoms with Crippen LogP contribution < -0.4 is 11.5 Å². The summed E-state index contributed by atoms with van der Waals surface area (Å²) in [7, 11) is 4.02. The van der Waals surface area contributed by atoms with E-state index in [1.165, 1.54) is 0 Å². The van der Waals surface area contributed by atoms with Crippen molar-refractivity contribution >= 4 is 5.82 Å². The third-order valence-electron chi connectivity index (χ3n) is 1.95. The summed E-state index contributed by atoms with van der Waals surface area (Å²) in [6.45, 7) is 1.31. The van der Waals surface area contributed by atoms with Crippen LogP contribution in [0.2, 0.25) is 0 Å². The van der Waals surface area contributed by atoms with E-state index in [1.54, 1.807) is 6.20 Å². The van der Waals surface area contributed by atoms with Crippen molar-refractivity contribution in [2.24, 2.45) is 5.73 Å². The molecule has 0 aliphatic carbocycles. The van der Waals surface area contributed by atoms with Crippen LogP contribution in [0.3, 0.4) is 0 Å². The molecule has 4 N–H and O–H groups in total. The molecule has 1 aromatic heterocycles. The molecule has 0 fully saturated rings. The SMILES string of the molecule is CN(C)CCc1ncc(CN)c(N)n1. The first-order valence-electron chi connectivity index (χ1n) is 4.58. The maximum Gasteiger partial charge on any atom is 0.131 e. The quantitative estimate of drug-likeness (QED) is 0.684. The number of hydrogen-bond acceptors (Lipinski definition) is 5. The van der Waals surface area contributed by atoms with E-state index in [9.17, 15) is 0 Å². The van der Waals surface area contributed by atoms with Crippen molar-refractivity contribution in [3.05, 3.63) is 17.6 Å². The molecule has 1 aromatic rings. The smallest absolute Gasteiger partial charge is 0.131 e. The second-order valence-electron chi connectivity index (χ2n) is 3.45. The third-order valence-corrected chi connectivity index (χ3v) is 1.95. The lowest BCUT2D eigenvalue weighted by molar-refractivity contribution is 0.409. The molecule has 0 saturated carbocycles. The molecular formula is C9H17N5. The van der Waals surface area contributed by atoms with Crippen LogP contribution in [0.1, 0.15) is 11.4 Å². The average molecular weight is 195 g/mol. The van der Waals surface area contributed by atoms with Gasteiger partial charge in [0.05, 0.1) is 0 Å². The van der Waals surface area contributed by atoms with Gasteiger partial charge in [-0.2, -0.15) is 0 Å². The van der Waals surface area contributed by atoms with Crippen LogP contribution in [-0.4, -0.2) is 35.5 Å². The largest absolute Gasteiger partial charge is 0.383 e. The highest BCUT2D eigenvalue weighted by molar-refractivity contribution is 5.37. The number of hydrogen-bond donors (Lipinski definition) is 2. The first-order chi connectivity index (χ1) is 6.63. The van der Waals surface area contributed by atoms with E-state index < -0.39 is 0 Å². The molecule has 5 heteroatoms. The van der Waals surface area contributed by atoms with Gasteiger partial charge in [0.15, 0.2) is 0 Å². The molecule has 14 heavy (non-hydrogen) atoms. The molecule has 0 aromatic carbocycles. The van der Waals surface area contributed by atoms with E-state index in [-0.39, 0.29) is 0 Å². The van der Waals surface area contributed by atoms with Gasteiger partial charge in [-0.15, -0.1) is 0 Å². The van der Waals surface area contributed by atoms with Gasteiger partial charge in [-0.05, 0) is 14.1 Å². The van der Waals surface area contributed by atoms with Crippen LogP contribution in [0.5, 0.6) is 0 Å². The molecule has 0 saturated heterocycles. The summed E-state index contributed by atoms with van der Waals surface area (Å²) in [6.07, 6.45) is 2.51. The fraction of sp³-hybridized carbons (Fsp3) is 0.556.